The molecule has 3 N–H and O–H groups in total. The first kappa shape index (κ1) is 25.0. The van der Waals surface area contributed by atoms with Crippen LogP contribution in [-0.4, -0.2) is 42.5 Å². The third kappa shape index (κ3) is 4.59. The number of amides is 1. The summed E-state index contributed by atoms with van der Waals surface area (Å²) in [5.41, 5.74) is 5.88. The zero-order valence-corrected chi connectivity index (χ0v) is 19.0. The lowest BCUT2D eigenvalue weighted by atomic mass is 9.79. The van der Waals surface area contributed by atoms with Crippen molar-refractivity contribution in [1.29, 1.82) is 0 Å². The number of rotatable bonds is 7. The molecule has 0 heterocycles. The van der Waals surface area contributed by atoms with Crippen molar-refractivity contribution in [3.63, 3.8) is 0 Å². The van der Waals surface area contributed by atoms with E-state index in [9.17, 15) is 36.6 Å². The molecule has 2 aliphatic rings. The predicted octanol–water partition coefficient (Wildman–Crippen LogP) is 3.99. The van der Waals surface area contributed by atoms with E-state index in [1.165, 1.54) is 6.07 Å². The van der Waals surface area contributed by atoms with Gasteiger partial charge < -0.3 is 15.5 Å². The second-order valence-electron chi connectivity index (χ2n) is 9.22. The van der Waals surface area contributed by atoms with Gasteiger partial charge >= 0.3 is 0 Å². The third-order valence-corrected chi connectivity index (χ3v) is 8.85. The van der Waals surface area contributed by atoms with Gasteiger partial charge in [-0.2, -0.15) is 0 Å². The average Bonchev–Trinajstić information content (AvgIpc) is 3.32. The molecule has 4 rings (SSSR count). The van der Waals surface area contributed by atoms with Gasteiger partial charge in [0.2, 0.25) is 0 Å². The maximum Gasteiger partial charge on any atom is 0.255 e. The number of benzene rings is 2. The monoisotopic (exact) mass is 510 g/mol. The fourth-order valence-electron chi connectivity index (χ4n) is 5.33. The minimum Gasteiger partial charge on any atom is -0.393 e. The summed E-state index contributed by atoms with van der Waals surface area (Å²) in [6.45, 7) is -0.482. The Hall–Kier alpha value is -3.12. The van der Waals surface area contributed by atoms with Gasteiger partial charge in [-0.1, -0.05) is 11.2 Å². The highest BCUT2D eigenvalue weighted by atomic mass is 32.2. The molecule has 9 nitrogen and oxygen atoms in total. The van der Waals surface area contributed by atoms with Crippen LogP contribution in [0.5, 0.6) is 0 Å². The molecule has 35 heavy (non-hydrogen) atoms. The van der Waals surface area contributed by atoms with Gasteiger partial charge in [-0.3, -0.25) is 4.79 Å². The number of azide groups is 1. The van der Waals surface area contributed by atoms with Gasteiger partial charge in [0.1, 0.15) is 0 Å². The van der Waals surface area contributed by atoms with E-state index < -0.39 is 61.5 Å². The smallest absolute Gasteiger partial charge is 0.255 e. The molecule has 2 fully saturated rings. The Morgan fingerprint density at radius 1 is 1.23 bits per heavy atom. The van der Waals surface area contributed by atoms with E-state index in [1.54, 1.807) is 0 Å². The van der Waals surface area contributed by atoms with Gasteiger partial charge in [-0.05, 0) is 54.7 Å². The number of hydrogen-bond donors (Lipinski definition) is 3. The first-order valence-corrected chi connectivity index (χ1v) is 12.3. The van der Waals surface area contributed by atoms with Crippen LogP contribution in [-0.2, 0) is 9.84 Å². The van der Waals surface area contributed by atoms with Crippen LogP contribution in [0.25, 0.3) is 10.4 Å². The van der Waals surface area contributed by atoms with Gasteiger partial charge in [0.15, 0.2) is 27.3 Å². The molecule has 0 saturated heterocycles. The Morgan fingerprint density at radius 3 is 2.51 bits per heavy atom. The number of hydrogen-bond acceptors (Lipinski definition) is 6. The van der Waals surface area contributed by atoms with Crippen LogP contribution in [0.1, 0.15) is 36.0 Å². The summed E-state index contributed by atoms with van der Waals surface area (Å²) in [5.74, 6) is -6.30. The number of fused-ring (bicyclic) bond motifs is 2. The first-order valence-electron chi connectivity index (χ1n) is 10.6. The molecular formula is C22H21F3N4O5S. The molecule has 0 aliphatic heterocycles. The van der Waals surface area contributed by atoms with Crippen molar-refractivity contribution in [3.8, 4) is 0 Å². The minimum atomic E-state index is -4.15. The van der Waals surface area contributed by atoms with Gasteiger partial charge in [0.25, 0.3) is 5.91 Å². The summed E-state index contributed by atoms with van der Waals surface area (Å²) in [7, 11) is -4.15. The van der Waals surface area contributed by atoms with Crippen LogP contribution in [0.2, 0.25) is 0 Å². The molecule has 2 bridgehead atoms. The Bertz CT molecular complexity index is 1340. The molecule has 2 aromatic carbocycles. The second-order valence-corrected chi connectivity index (χ2v) is 11.2. The maximum absolute atomic E-state index is 13.5. The average molecular weight is 510 g/mol. The number of anilines is 1. The number of carbonyl (C=O) groups excluding carboxylic acids is 1. The largest absolute Gasteiger partial charge is 0.393 e. The number of carbonyl (C=O) groups is 1. The number of nitrogens with one attached hydrogen (secondary N) is 1. The van der Waals surface area contributed by atoms with Gasteiger partial charge in [0.05, 0.1) is 28.5 Å². The Kier molecular flexibility index (Phi) is 6.30. The Morgan fingerprint density at radius 2 is 1.91 bits per heavy atom. The van der Waals surface area contributed by atoms with Crippen molar-refractivity contribution in [2.75, 3.05) is 17.7 Å². The molecule has 1 amide bonds. The SMILES string of the molecule is [N-]=[N+]=Nc1ccc(C(=O)Nc2cc(F)c(F)c(F)c2)cc1S(=O)(=O)CC12CCC(C1)[C@@](O)(CO)C2. The molecule has 3 atom stereocenters. The Balaban J connectivity index is 1.66. The van der Waals surface area contributed by atoms with Crippen molar-refractivity contribution < 1.29 is 36.6 Å². The summed E-state index contributed by atoms with van der Waals surface area (Å²) < 4.78 is 67.0. The molecule has 186 valence electrons. The summed E-state index contributed by atoms with van der Waals surface area (Å²) in [6.07, 6.45) is 1.59. The summed E-state index contributed by atoms with van der Waals surface area (Å²) in [5, 5.41) is 25.8. The Labute approximate surface area is 198 Å². The lowest BCUT2D eigenvalue weighted by molar-refractivity contribution is -0.0628. The van der Waals surface area contributed by atoms with Crippen LogP contribution in [0, 0.1) is 28.8 Å². The van der Waals surface area contributed by atoms with Gasteiger partial charge in [0, 0.05) is 28.3 Å². The molecule has 2 unspecified atom stereocenters. The predicted molar refractivity (Wildman–Crippen MR) is 118 cm³/mol. The van der Waals surface area contributed by atoms with Gasteiger partial charge in [-0.15, -0.1) is 0 Å². The zero-order chi connectivity index (χ0) is 25.6. The highest BCUT2D eigenvalue weighted by Crippen LogP contribution is 2.59. The van der Waals surface area contributed by atoms with Crippen molar-refractivity contribution in [2.45, 2.75) is 36.2 Å². The highest BCUT2D eigenvalue weighted by Gasteiger charge is 2.59. The van der Waals surface area contributed by atoms with E-state index in [1.807, 2.05) is 0 Å². The van der Waals surface area contributed by atoms with Crippen molar-refractivity contribution in [2.24, 2.45) is 16.4 Å². The molecule has 2 aliphatic carbocycles. The highest BCUT2D eigenvalue weighted by molar-refractivity contribution is 7.91. The topological polar surface area (TPSA) is 152 Å². The maximum atomic E-state index is 13.5. The first-order chi connectivity index (χ1) is 16.4. The fraction of sp³-hybridized carbons (Fsp3) is 0.409. The normalized spacial score (nSPS) is 25.3. The number of halogens is 3. The van der Waals surface area contributed by atoms with Crippen molar-refractivity contribution in [3.05, 3.63) is 63.8 Å². The summed E-state index contributed by atoms with van der Waals surface area (Å²) in [4.78, 5) is 14.9. The van der Waals surface area contributed by atoms with Crippen LogP contribution < -0.4 is 5.32 Å². The lowest BCUT2D eigenvalue weighted by Crippen LogP contribution is -2.41. The minimum absolute atomic E-state index is 0.0963. The lowest BCUT2D eigenvalue weighted by Gasteiger charge is -2.35. The quantitative estimate of drug-likeness (QED) is 0.223. The molecule has 2 aromatic rings. The van der Waals surface area contributed by atoms with E-state index in [2.05, 4.69) is 15.3 Å². The molecule has 0 radical (unpaired) electrons. The van der Waals surface area contributed by atoms with Crippen LogP contribution in [0.15, 0.2) is 40.3 Å². The van der Waals surface area contributed by atoms with E-state index >= 15 is 0 Å². The van der Waals surface area contributed by atoms with E-state index in [4.69, 9.17) is 5.53 Å². The molecule has 0 spiro atoms. The summed E-state index contributed by atoms with van der Waals surface area (Å²) in [6, 6.07) is 4.42. The second kappa shape index (κ2) is 8.83. The molecule has 0 aromatic heterocycles. The van der Waals surface area contributed by atoms with Gasteiger partial charge in [-0.25, -0.2) is 21.6 Å². The standard InChI is InChI=1S/C22H21F3N4O5S/c23-15-6-14(7-16(24)19(15)25)27-20(31)12-1-2-17(28-29-26)18(5-12)35(33,34)11-21-4-3-13(8-21)22(32,9-21)10-30/h1-2,5-7,13,30,32H,3-4,8-11H2,(H,27,31)/t13?,21?,22-/m0/s1. The number of nitrogens with zero attached hydrogens (tertiary/aromatic N) is 3. The molecule has 2 saturated carbocycles. The van der Waals surface area contributed by atoms with E-state index in [0.29, 0.717) is 31.4 Å². The number of aliphatic hydroxyl groups excluding tert-OH is 1. The van der Waals surface area contributed by atoms with Crippen molar-refractivity contribution in [1.82, 2.24) is 0 Å². The fourth-order valence-corrected chi connectivity index (χ4v) is 7.39. The van der Waals surface area contributed by atoms with Crippen molar-refractivity contribution >= 4 is 27.1 Å². The molecule has 13 heteroatoms. The van der Waals surface area contributed by atoms with Crippen LogP contribution >= 0.6 is 0 Å². The van der Waals surface area contributed by atoms with Crippen LogP contribution in [0.4, 0.5) is 24.5 Å². The number of aliphatic hydroxyl groups is 2. The summed E-state index contributed by atoms with van der Waals surface area (Å²) >= 11 is 0. The third-order valence-electron chi connectivity index (χ3n) is 6.86. The number of sulfone groups is 1. The zero-order valence-electron chi connectivity index (χ0n) is 18.2. The molecular weight excluding hydrogens is 489 g/mol. The van der Waals surface area contributed by atoms with E-state index in [-0.39, 0.29) is 29.3 Å². The van der Waals surface area contributed by atoms with E-state index in [0.717, 1.165) is 12.1 Å². The van der Waals surface area contributed by atoms with Crippen LogP contribution in [0.3, 0.4) is 0 Å².